The van der Waals surface area contributed by atoms with E-state index in [1.54, 1.807) is 7.11 Å². The lowest BCUT2D eigenvalue weighted by Crippen LogP contribution is -2.35. The summed E-state index contributed by atoms with van der Waals surface area (Å²) in [4.78, 5) is 16.2. The zero-order valence-corrected chi connectivity index (χ0v) is 17.4. The number of rotatable bonds is 8. The third-order valence-corrected chi connectivity index (χ3v) is 5.63. The van der Waals surface area contributed by atoms with E-state index in [0.717, 1.165) is 58.0 Å². The van der Waals surface area contributed by atoms with Gasteiger partial charge in [-0.1, -0.05) is 6.07 Å². The van der Waals surface area contributed by atoms with Crippen LogP contribution in [0.1, 0.15) is 12.0 Å². The Kier molecular flexibility index (Phi) is 8.71. The van der Waals surface area contributed by atoms with Gasteiger partial charge in [0.2, 0.25) is 0 Å². The summed E-state index contributed by atoms with van der Waals surface area (Å²) in [6.07, 6.45) is 0.550. The van der Waals surface area contributed by atoms with Crippen LogP contribution in [0.15, 0.2) is 18.2 Å². The maximum absolute atomic E-state index is 10.4. The summed E-state index contributed by atoms with van der Waals surface area (Å²) in [5, 5.41) is 19.2. The first-order chi connectivity index (χ1) is 14.6. The number of hydroxylamine groups is 2. The quantitative estimate of drug-likeness (QED) is 0.588. The zero-order chi connectivity index (χ0) is 21.3. The molecule has 9 nitrogen and oxygen atoms in total. The minimum atomic E-state index is -0.521. The van der Waals surface area contributed by atoms with E-state index in [0.29, 0.717) is 29.9 Å². The molecule has 1 aromatic carbocycles. The van der Waals surface area contributed by atoms with Crippen molar-refractivity contribution in [2.75, 3.05) is 59.7 Å². The van der Waals surface area contributed by atoms with Gasteiger partial charge in [-0.25, -0.2) is 0 Å². The van der Waals surface area contributed by atoms with Crippen LogP contribution in [-0.4, -0.2) is 92.5 Å². The molecule has 3 aliphatic heterocycles. The maximum atomic E-state index is 10.4. The van der Waals surface area contributed by atoms with Gasteiger partial charge in [-0.2, -0.15) is 5.06 Å². The van der Waals surface area contributed by atoms with Crippen molar-refractivity contribution in [3.63, 3.8) is 0 Å². The molecule has 4 rings (SSSR count). The molecule has 9 heteroatoms. The van der Waals surface area contributed by atoms with Gasteiger partial charge in [-0.15, -0.1) is 0 Å². The molecule has 3 saturated heterocycles. The van der Waals surface area contributed by atoms with Crippen molar-refractivity contribution >= 4 is 6.47 Å². The molecule has 0 amide bonds. The molecule has 3 heterocycles. The Balaban J connectivity index is 0.000000806. The lowest BCUT2D eigenvalue weighted by molar-refractivity contribution is -0.122. The fraction of sp³-hybridized carbons (Fsp3) is 0.667. The second-order valence-corrected chi connectivity index (χ2v) is 7.88. The van der Waals surface area contributed by atoms with Crippen molar-refractivity contribution in [2.24, 2.45) is 11.8 Å². The molecule has 3 fully saturated rings. The molecule has 3 atom stereocenters. The second-order valence-electron chi connectivity index (χ2n) is 7.88. The Morgan fingerprint density at radius 3 is 2.63 bits per heavy atom. The minimum absolute atomic E-state index is 0.250. The Hall–Kier alpha value is -1.91. The fourth-order valence-electron chi connectivity index (χ4n) is 4.23. The smallest absolute Gasteiger partial charge is 0.290 e. The first-order valence-electron chi connectivity index (χ1n) is 10.4. The van der Waals surface area contributed by atoms with Crippen molar-refractivity contribution in [1.29, 1.82) is 0 Å². The average molecular weight is 424 g/mol. The summed E-state index contributed by atoms with van der Waals surface area (Å²) in [5.74, 6) is 2.61. The summed E-state index contributed by atoms with van der Waals surface area (Å²) < 4.78 is 16.8. The van der Waals surface area contributed by atoms with E-state index in [2.05, 4.69) is 4.90 Å². The molecule has 0 aromatic heterocycles. The lowest BCUT2D eigenvalue weighted by atomic mass is 10.0. The number of benzene rings is 1. The van der Waals surface area contributed by atoms with E-state index < -0.39 is 6.10 Å². The molecule has 2 N–H and O–H groups in total. The summed E-state index contributed by atoms with van der Waals surface area (Å²) in [7, 11) is 1.64. The number of fused-ring (bicyclic) bond motifs is 1. The summed E-state index contributed by atoms with van der Waals surface area (Å²) in [6, 6.07) is 5.91. The molecule has 0 aliphatic carbocycles. The van der Waals surface area contributed by atoms with Crippen molar-refractivity contribution < 1.29 is 34.1 Å². The molecule has 1 unspecified atom stereocenters. The normalized spacial score (nSPS) is 24.7. The third kappa shape index (κ3) is 6.29. The molecular formula is C21H32N2O7. The number of likely N-dealkylation sites (tertiary alicyclic amines) is 1. The summed E-state index contributed by atoms with van der Waals surface area (Å²) in [6.45, 7) is 6.88. The highest BCUT2D eigenvalue weighted by molar-refractivity contribution is 5.43. The molecule has 168 valence electrons. The number of carboxylic acid groups (broad SMARTS) is 1. The number of aliphatic hydroxyl groups is 1. The van der Waals surface area contributed by atoms with Gasteiger partial charge >= 0.3 is 0 Å². The molecule has 1 aromatic rings. The van der Waals surface area contributed by atoms with Crippen molar-refractivity contribution in [3.8, 4) is 11.5 Å². The summed E-state index contributed by atoms with van der Waals surface area (Å²) in [5.41, 5.74) is 1.12. The number of carbonyl (C=O) groups is 1. The Labute approximate surface area is 177 Å². The molecule has 3 aliphatic rings. The van der Waals surface area contributed by atoms with E-state index in [-0.39, 0.29) is 13.1 Å². The molecule has 0 spiro atoms. The first-order valence-corrected chi connectivity index (χ1v) is 10.4. The van der Waals surface area contributed by atoms with Crippen LogP contribution < -0.4 is 9.47 Å². The maximum Gasteiger partial charge on any atom is 0.290 e. The van der Waals surface area contributed by atoms with Crippen LogP contribution in [0.4, 0.5) is 0 Å². The predicted octanol–water partition coefficient (Wildman–Crippen LogP) is 0.851. The topological polar surface area (TPSA) is 101 Å². The molecule has 0 radical (unpaired) electrons. The standard InChI is InChI=1S/C20H30N2O5.CH2O2/c1-24-20-7-15(8-22-5-2-6-27-22)3-4-19(20)26-14-18(23)11-21-9-16-12-25-13-17(16)10-21;2-1-3/h3-4,7,16-18,23H,2,5-6,8-14H2,1H3;1H,(H,2,3)/t16-,17+,18?;. The van der Waals surface area contributed by atoms with Crippen LogP contribution in [0, 0.1) is 11.8 Å². The van der Waals surface area contributed by atoms with Gasteiger partial charge in [0.1, 0.15) is 12.7 Å². The van der Waals surface area contributed by atoms with Gasteiger partial charge in [0, 0.05) is 44.6 Å². The first kappa shape index (κ1) is 22.8. The SMILES string of the molecule is COc1cc(CN2CCCO2)ccc1OCC(O)CN1C[C@H]2COC[C@H]2C1.O=CO. The highest BCUT2D eigenvalue weighted by Crippen LogP contribution is 2.30. The van der Waals surface area contributed by atoms with E-state index in [1.165, 1.54) is 0 Å². The fourth-order valence-corrected chi connectivity index (χ4v) is 4.23. The number of β-amino-alcohol motifs (C(OH)–C–C–N with tert-alkyl or cyclic N) is 1. The monoisotopic (exact) mass is 424 g/mol. The van der Waals surface area contributed by atoms with Crippen LogP contribution in [0.3, 0.4) is 0 Å². The number of aliphatic hydroxyl groups excluding tert-OH is 1. The molecule has 30 heavy (non-hydrogen) atoms. The van der Waals surface area contributed by atoms with Crippen molar-refractivity contribution in [1.82, 2.24) is 9.96 Å². The van der Waals surface area contributed by atoms with Gasteiger partial charge in [0.15, 0.2) is 11.5 Å². The van der Waals surface area contributed by atoms with Gasteiger partial charge in [-0.05, 0) is 24.1 Å². The van der Waals surface area contributed by atoms with Crippen molar-refractivity contribution in [3.05, 3.63) is 23.8 Å². The Morgan fingerprint density at radius 2 is 2.00 bits per heavy atom. The number of nitrogens with zero attached hydrogens (tertiary/aromatic N) is 2. The highest BCUT2D eigenvalue weighted by atomic mass is 16.7. The Morgan fingerprint density at radius 1 is 1.27 bits per heavy atom. The van der Waals surface area contributed by atoms with Crippen LogP contribution in [0.2, 0.25) is 0 Å². The molecular weight excluding hydrogens is 392 g/mol. The lowest BCUT2D eigenvalue weighted by Gasteiger charge is -2.21. The zero-order valence-electron chi connectivity index (χ0n) is 17.4. The van der Waals surface area contributed by atoms with Gasteiger partial charge in [-0.3, -0.25) is 14.5 Å². The van der Waals surface area contributed by atoms with Crippen LogP contribution in [-0.2, 0) is 20.9 Å². The van der Waals surface area contributed by atoms with Gasteiger partial charge < -0.3 is 24.4 Å². The van der Waals surface area contributed by atoms with Crippen molar-refractivity contribution in [2.45, 2.75) is 19.1 Å². The number of methoxy groups -OCH3 is 1. The van der Waals surface area contributed by atoms with E-state index in [9.17, 15) is 5.11 Å². The van der Waals surface area contributed by atoms with E-state index in [1.807, 2.05) is 23.3 Å². The second kappa shape index (κ2) is 11.5. The number of ether oxygens (including phenoxy) is 3. The third-order valence-electron chi connectivity index (χ3n) is 5.63. The van der Waals surface area contributed by atoms with Crippen LogP contribution >= 0.6 is 0 Å². The van der Waals surface area contributed by atoms with Crippen LogP contribution in [0.5, 0.6) is 11.5 Å². The van der Waals surface area contributed by atoms with Gasteiger partial charge in [0.25, 0.3) is 6.47 Å². The molecule has 0 bridgehead atoms. The predicted molar refractivity (Wildman–Crippen MR) is 108 cm³/mol. The van der Waals surface area contributed by atoms with E-state index >= 15 is 0 Å². The largest absolute Gasteiger partial charge is 0.493 e. The average Bonchev–Trinajstić information content (AvgIpc) is 3.46. The minimum Gasteiger partial charge on any atom is -0.493 e. The van der Waals surface area contributed by atoms with E-state index in [4.69, 9.17) is 28.9 Å². The Bertz CT molecular complexity index is 657. The number of hydrogen-bond donors (Lipinski definition) is 2. The number of hydrogen-bond acceptors (Lipinski definition) is 8. The highest BCUT2D eigenvalue weighted by Gasteiger charge is 2.37. The summed E-state index contributed by atoms with van der Waals surface area (Å²) >= 11 is 0. The van der Waals surface area contributed by atoms with Crippen LogP contribution in [0.25, 0.3) is 0 Å². The van der Waals surface area contributed by atoms with Gasteiger partial charge in [0.05, 0.1) is 26.9 Å². The molecule has 0 saturated carbocycles.